The van der Waals surface area contributed by atoms with Crippen LogP contribution in [-0.2, 0) is 15.0 Å². The number of nitrogens with one attached hydrogen (secondary N) is 1. The highest BCUT2D eigenvalue weighted by Crippen LogP contribution is 2.62. The van der Waals surface area contributed by atoms with Crippen molar-refractivity contribution in [2.45, 2.75) is 43.9 Å². The minimum Gasteiger partial charge on any atom is -0.493 e. The summed E-state index contributed by atoms with van der Waals surface area (Å²) < 4.78 is 11.2. The van der Waals surface area contributed by atoms with E-state index in [9.17, 15) is 14.7 Å². The molecule has 0 saturated heterocycles. The molecule has 7 nitrogen and oxygen atoms in total. The summed E-state index contributed by atoms with van der Waals surface area (Å²) in [6, 6.07) is 3.96. The number of hydrogen-bond donors (Lipinski definition) is 2. The van der Waals surface area contributed by atoms with Crippen LogP contribution in [0.25, 0.3) is 0 Å². The maximum atomic E-state index is 12.8. The number of anilines is 1. The lowest BCUT2D eigenvalue weighted by molar-refractivity contribution is -0.137. The number of imide groups is 1. The molecule has 0 unspecified atom stereocenters. The number of ether oxygens (including phenoxy) is 2. The lowest BCUT2D eigenvalue weighted by Gasteiger charge is -2.57. The maximum Gasteiger partial charge on any atom is 0.277 e. The molecule has 1 aliphatic heterocycles. The standard InChI is InChI=1S/C24H30N2O5/c1-30-20-8-17(24-11-14-5-15(12-24)7-16(6-14)13-24)18(9-21(20)31-2)25-19-10-22(28)26(3-4-27)23(19)29/h8-10,14-16,25,27H,3-7,11-13H2,1-2H3. The highest BCUT2D eigenvalue weighted by Gasteiger charge is 2.52. The van der Waals surface area contributed by atoms with E-state index >= 15 is 0 Å². The zero-order valence-electron chi connectivity index (χ0n) is 18.1. The third-order valence-electron chi connectivity index (χ3n) is 7.74. The number of rotatable bonds is 7. The summed E-state index contributed by atoms with van der Waals surface area (Å²) in [5.41, 5.74) is 2.26. The lowest BCUT2D eigenvalue weighted by atomic mass is 9.48. The summed E-state index contributed by atoms with van der Waals surface area (Å²) in [5, 5.41) is 12.4. The van der Waals surface area contributed by atoms with E-state index < -0.39 is 11.8 Å². The summed E-state index contributed by atoms with van der Waals surface area (Å²) in [4.78, 5) is 26.1. The van der Waals surface area contributed by atoms with Crippen LogP contribution in [0.2, 0.25) is 0 Å². The Labute approximate surface area is 182 Å². The van der Waals surface area contributed by atoms with Crippen molar-refractivity contribution in [1.82, 2.24) is 4.90 Å². The monoisotopic (exact) mass is 426 g/mol. The van der Waals surface area contributed by atoms with Crippen LogP contribution in [-0.4, -0.2) is 49.2 Å². The van der Waals surface area contributed by atoms with E-state index in [1.807, 2.05) is 6.07 Å². The minimum atomic E-state index is -0.412. The van der Waals surface area contributed by atoms with Crippen molar-refractivity contribution in [3.05, 3.63) is 29.5 Å². The first-order chi connectivity index (χ1) is 15.0. The smallest absolute Gasteiger partial charge is 0.277 e. The van der Waals surface area contributed by atoms with Crippen molar-refractivity contribution < 1.29 is 24.2 Å². The van der Waals surface area contributed by atoms with Gasteiger partial charge in [0.05, 0.1) is 27.4 Å². The van der Waals surface area contributed by atoms with Crippen LogP contribution in [0.5, 0.6) is 11.5 Å². The predicted octanol–water partition coefficient (Wildman–Crippen LogP) is 2.83. The fourth-order valence-corrected chi connectivity index (χ4v) is 6.92. The Morgan fingerprint density at radius 2 is 1.61 bits per heavy atom. The van der Waals surface area contributed by atoms with E-state index in [0.717, 1.165) is 53.2 Å². The van der Waals surface area contributed by atoms with Crippen LogP contribution in [0.4, 0.5) is 5.69 Å². The van der Waals surface area contributed by atoms with Crippen LogP contribution in [0.15, 0.2) is 23.9 Å². The third-order valence-corrected chi connectivity index (χ3v) is 7.74. The van der Waals surface area contributed by atoms with Crippen LogP contribution >= 0.6 is 0 Å². The van der Waals surface area contributed by atoms with E-state index in [1.165, 1.54) is 25.3 Å². The van der Waals surface area contributed by atoms with Gasteiger partial charge in [-0.2, -0.15) is 0 Å². The van der Waals surface area contributed by atoms with Gasteiger partial charge in [0.25, 0.3) is 11.8 Å². The highest BCUT2D eigenvalue weighted by atomic mass is 16.5. The number of β-amino-alcohol motifs (C(OH)–C–C–N with tert-alkyl or cyclic N) is 1. The van der Waals surface area contributed by atoms with Gasteiger partial charge in [0.15, 0.2) is 11.5 Å². The van der Waals surface area contributed by atoms with Crippen molar-refractivity contribution in [2.24, 2.45) is 17.8 Å². The molecule has 0 radical (unpaired) electrons. The summed E-state index contributed by atoms with van der Waals surface area (Å²) >= 11 is 0. The normalized spacial score (nSPS) is 31.3. The first kappa shape index (κ1) is 20.4. The summed E-state index contributed by atoms with van der Waals surface area (Å²) in [6.07, 6.45) is 8.80. The number of aliphatic hydroxyl groups is 1. The molecule has 2 N–H and O–H groups in total. The Balaban J connectivity index is 1.55. The molecule has 4 aliphatic carbocycles. The number of methoxy groups -OCH3 is 2. The number of hydrogen-bond acceptors (Lipinski definition) is 6. The lowest BCUT2D eigenvalue weighted by Crippen LogP contribution is -2.48. The molecule has 31 heavy (non-hydrogen) atoms. The Bertz CT molecular complexity index is 918. The zero-order valence-corrected chi connectivity index (χ0v) is 18.1. The molecule has 4 saturated carbocycles. The fraction of sp³-hybridized carbons (Fsp3) is 0.583. The summed E-state index contributed by atoms with van der Waals surface area (Å²) in [7, 11) is 3.24. The zero-order chi connectivity index (χ0) is 21.8. The first-order valence-corrected chi connectivity index (χ1v) is 11.2. The molecule has 166 valence electrons. The minimum absolute atomic E-state index is 0.00683. The molecule has 5 aliphatic rings. The molecule has 4 fully saturated rings. The predicted molar refractivity (Wildman–Crippen MR) is 115 cm³/mol. The number of aliphatic hydroxyl groups excluding tert-OH is 1. The Kier molecular flexibility index (Phi) is 4.96. The molecule has 6 rings (SSSR count). The number of benzene rings is 1. The van der Waals surface area contributed by atoms with Gasteiger partial charge in [-0.05, 0) is 73.3 Å². The van der Waals surface area contributed by atoms with Crippen LogP contribution in [0.1, 0.15) is 44.1 Å². The molecule has 1 heterocycles. The second-order valence-electron chi connectivity index (χ2n) is 9.65. The summed E-state index contributed by atoms with van der Waals surface area (Å²) in [5.74, 6) is 2.75. The summed E-state index contributed by atoms with van der Waals surface area (Å²) in [6.45, 7) is -0.263. The van der Waals surface area contributed by atoms with E-state index in [-0.39, 0.29) is 24.3 Å². The van der Waals surface area contributed by atoms with Crippen LogP contribution in [0, 0.1) is 17.8 Å². The molecule has 2 amide bonds. The van der Waals surface area contributed by atoms with Crippen molar-refractivity contribution in [3.63, 3.8) is 0 Å². The number of nitrogens with zero attached hydrogens (tertiary/aromatic N) is 1. The molecule has 4 bridgehead atoms. The van der Waals surface area contributed by atoms with Gasteiger partial charge in [-0.15, -0.1) is 0 Å². The van der Waals surface area contributed by atoms with Gasteiger partial charge < -0.3 is 19.9 Å². The average Bonchev–Trinajstić information content (AvgIpc) is 3.00. The third kappa shape index (κ3) is 3.30. The quantitative estimate of drug-likeness (QED) is 0.652. The number of carbonyl (C=O) groups is 2. The van der Waals surface area contributed by atoms with E-state index in [4.69, 9.17) is 9.47 Å². The van der Waals surface area contributed by atoms with Crippen LogP contribution in [0.3, 0.4) is 0 Å². The number of carbonyl (C=O) groups excluding carboxylic acids is 2. The second-order valence-corrected chi connectivity index (χ2v) is 9.65. The molecule has 0 spiro atoms. The van der Waals surface area contributed by atoms with Crippen LogP contribution < -0.4 is 14.8 Å². The Hall–Kier alpha value is -2.54. The van der Waals surface area contributed by atoms with Gasteiger partial charge in [-0.1, -0.05) is 0 Å². The van der Waals surface area contributed by atoms with Gasteiger partial charge in [-0.25, -0.2) is 0 Å². The van der Waals surface area contributed by atoms with Crippen molar-refractivity contribution in [2.75, 3.05) is 32.7 Å². The molecule has 1 aromatic carbocycles. The van der Waals surface area contributed by atoms with Crippen molar-refractivity contribution >= 4 is 17.5 Å². The second kappa shape index (κ2) is 7.55. The van der Waals surface area contributed by atoms with Gasteiger partial charge >= 0.3 is 0 Å². The molecule has 1 aromatic rings. The molecule has 7 heteroatoms. The molecule has 0 aromatic heterocycles. The SMILES string of the molecule is COc1cc(NC2=CC(=O)N(CCO)C2=O)c(C23CC4CC(CC(C4)C2)C3)cc1OC. The fourth-order valence-electron chi connectivity index (χ4n) is 6.92. The largest absolute Gasteiger partial charge is 0.493 e. The van der Waals surface area contributed by atoms with Gasteiger partial charge in [0.1, 0.15) is 5.70 Å². The first-order valence-electron chi connectivity index (χ1n) is 11.2. The van der Waals surface area contributed by atoms with Crippen molar-refractivity contribution in [3.8, 4) is 11.5 Å². The Morgan fingerprint density at radius 3 is 2.16 bits per heavy atom. The van der Waals surface area contributed by atoms with E-state index in [1.54, 1.807) is 14.2 Å². The van der Waals surface area contributed by atoms with Gasteiger partial charge in [0, 0.05) is 17.8 Å². The molecular weight excluding hydrogens is 396 g/mol. The molecule has 0 atom stereocenters. The van der Waals surface area contributed by atoms with E-state index in [2.05, 4.69) is 11.4 Å². The van der Waals surface area contributed by atoms with Gasteiger partial charge in [-0.3, -0.25) is 14.5 Å². The van der Waals surface area contributed by atoms with Crippen molar-refractivity contribution in [1.29, 1.82) is 0 Å². The topological polar surface area (TPSA) is 88.1 Å². The Morgan fingerprint density at radius 1 is 1.03 bits per heavy atom. The molecular formula is C24H30N2O5. The van der Waals surface area contributed by atoms with E-state index in [0.29, 0.717) is 11.5 Å². The average molecular weight is 427 g/mol. The van der Waals surface area contributed by atoms with Gasteiger partial charge in [0.2, 0.25) is 0 Å². The maximum absolute atomic E-state index is 12.8. The number of amides is 2. The highest BCUT2D eigenvalue weighted by molar-refractivity contribution is 6.17.